The van der Waals surface area contributed by atoms with Crippen LogP contribution in [0.3, 0.4) is 0 Å². The van der Waals surface area contributed by atoms with Crippen molar-refractivity contribution in [1.82, 2.24) is 0 Å². The van der Waals surface area contributed by atoms with Gasteiger partial charge in [-0.3, -0.25) is 0 Å². The van der Waals surface area contributed by atoms with Gasteiger partial charge in [0.05, 0.1) is 13.2 Å². The van der Waals surface area contributed by atoms with E-state index in [-0.39, 0.29) is 6.29 Å². The average molecular weight is 302 g/mol. The lowest BCUT2D eigenvalue weighted by Crippen LogP contribution is -2.16. The lowest BCUT2D eigenvalue weighted by molar-refractivity contribution is -0.0447. The van der Waals surface area contributed by atoms with Crippen LogP contribution >= 0.6 is 0 Å². The summed E-state index contributed by atoms with van der Waals surface area (Å²) >= 11 is 0. The highest BCUT2D eigenvalue weighted by Crippen LogP contribution is 2.41. The Labute approximate surface area is 135 Å². The van der Waals surface area contributed by atoms with Gasteiger partial charge in [0.15, 0.2) is 6.29 Å². The highest BCUT2D eigenvalue weighted by atomic mass is 16.7. The highest BCUT2D eigenvalue weighted by molar-refractivity contribution is 5.39. The second-order valence-electron chi connectivity index (χ2n) is 6.86. The maximum absolute atomic E-state index is 5.76. The lowest BCUT2D eigenvalue weighted by atomic mass is 9.74. The molecule has 1 saturated carbocycles. The summed E-state index contributed by atoms with van der Waals surface area (Å²) in [6, 6.07) is 6.76. The van der Waals surface area contributed by atoms with E-state index in [0.29, 0.717) is 0 Å². The average Bonchev–Trinajstić information content (AvgIpc) is 3.09. The monoisotopic (exact) mass is 302 g/mol. The minimum atomic E-state index is -0.134. The van der Waals surface area contributed by atoms with Crippen LogP contribution in [0.2, 0.25) is 0 Å². The molecule has 1 aromatic carbocycles. The third-order valence-electron chi connectivity index (χ3n) is 5.40. The predicted octanol–water partition coefficient (Wildman–Crippen LogP) is 5.37. The van der Waals surface area contributed by atoms with Crippen molar-refractivity contribution in [2.75, 3.05) is 13.2 Å². The molecule has 0 radical (unpaired) electrons. The van der Waals surface area contributed by atoms with E-state index in [9.17, 15) is 0 Å². The Kier molecular flexibility index (Phi) is 5.54. The maximum Gasteiger partial charge on any atom is 0.184 e. The molecule has 22 heavy (non-hydrogen) atoms. The number of rotatable bonds is 5. The standard InChI is InChI=1S/C20H30O2/c1-3-7-15-8-5-9-16(14-15)18-10-6-11-19(17(18)4-2)20-21-12-13-22-20/h6,10-11,15-16,20H,3-5,7-9,12-14H2,1-2H3. The fourth-order valence-corrected chi connectivity index (χ4v) is 4.42. The van der Waals surface area contributed by atoms with E-state index in [1.807, 2.05) is 0 Å². The number of ether oxygens (including phenoxy) is 2. The smallest absolute Gasteiger partial charge is 0.184 e. The Morgan fingerprint density at radius 1 is 1.05 bits per heavy atom. The van der Waals surface area contributed by atoms with E-state index in [4.69, 9.17) is 9.47 Å². The minimum absolute atomic E-state index is 0.134. The molecule has 3 rings (SSSR count). The van der Waals surface area contributed by atoms with Crippen molar-refractivity contribution in [3.63, 3.8) is 0 Å². The summed E-state index contributed by atoms with van der Waals surface area (Å²) in [4.78, 5) is 0. The third-order valence-corrected chi connectivity index (χ3v) is 5.40. The second kappa shape index (κ2) is 7.61. The molecule has 0 N–H and O–H groups in total. The quantitative estimate of drug-likeness (QED) is 0.728. The van der Waals surface area contributed by atoms with E-state index in [1.54, 1.807) is 5.56 Å². The first kappa shape index (κ1) is 16.0. The summed E-state index contributed by atoms with van der Waals surface area (Å²) < 4.78 is 11.5. The zero-order valence-electron chi connectivity index (χ0n) is 14.1. The summed E-state index contributed by atoms with van der Waals surface area (Å²) in [7, 11) is 0. The molecule has 1 aromatic rings. The highest BCUT2D eigenvalue weighted by Gasteiger charge is 2.27. The zero-order chi connectivity index (χ0) is 15.4. The molecule has 0 amide bonds. The molecule has 2 aliphatic rings. The minimum Gasteiger partial charge on any atom is -0.346 e. The van der Waals surface area contributed by atoms with Crippen molar-refractivity contribution < 1.29 is 9.47 Å². The molecule has 0 bridgehead atoms. The summed E-state index contributed by atoms with van der Waals surface area (Å²) in [6.45, 7) is 6.03. The summed E-state index contributed by atoms with van der Waals surface area (Å²) in [5.74, 6) is 1.66. The van der Waals surface area contributed by atoms with E-state index < -0.39 is 0 Å². The van der Waals surface area contributed by atoms with Gasteiger partial charge in [0.1, 0.15) is 0 Å². The van der Waals surface area contributed by atoms with Crippen molar-refractivity contribution in [3.8, 4) is 0 Å². The van der Waals surface area contributed by atoms with Crippen molar-refractivity contribution in [2.24, 2.45) is 5.92 Å². The Morgan fingerprint density at radius 2 is 1.82 bits per heavy atom. The van der Waals surface area contributed by atoms with E-state index in [1.165, 1.54) is 49.7 Å². The van der Waals surface area contributed by atoms with Gasteiger partial charge < -0.3 is 9.47 Å². The van der Waals surface area contributed by atoms with Gasteiger partial charge in [-0.25, -0.2) is 0 Å². The van der Waals surface area contributed by atoms with Gasteiger partial charge in [-0.1, -0.05) is 57.7 Å². The lowest BCUT2D eigenvalue weighted by Gasteiger charge is -2.31. The van der Waals surface area contributed by atoms with Crippen molar-refractivity contribution >= 4 is 0 Å². The molecule has 1 aliphatic carbocycles. The van der Waals surface area contributed by atoms with Crippen LogP contribution in [0.4, 0.5) is 0 Å². The normalized spacial score (nSPS) is 26.5. The molecule has 2 unspecified atom stereocenters. The van der Waals surface area contributed by atoms with Gasteiger partial charge in [0, 0.05) is 5.56 Å². The molecule has 1 saturated heterocycles. The Hall–Kier alpha value is -0.860. The van der Waals surface area contributed by atoms with Gasteiger partial charge in [-0.15, -0.1) is 0 Å². The first-order chi connectivity index (χ1) is 10.8. The van der Waals surface area contributed by atoms with Gasteiger partial charge >= 0.3 is 0 Å². The van der Waals surface area contributed by atoms with Crippen LogP contribution in [0.25, 0.3) is 0 Å². The summed E-state index contributed by atoms with van der Waals surface area (Å²) in [6.07, 6.45) is 9.20. The zero-order valence-corrected chi connectivity index (χ0v) is 14.1. The molecular formula is C20H30O2. The first-order valence-electron chi connectivity index (χ1n) is 9.18. The van der Waals surface area contributed by atoms with Gasteiger partial charge in [-0.2, -0.15) is 0 Å². The van der Waals surface area contributed by atoms with Crippen LogP contribution in [-0.2, 0) is 15.9 Å². The predicted molar refractivity (Wildman–Crippen MR) is 90.1 cm³/mol. The van der Waals surface area contributed by atoms with Gasteiger partial charge in [0.2, 0.25) is 0 Å². The molecule has 0 spiro atoms. The largest absolute Gasteiger partial charge is 0.346 e. The second-order valence-corrected chi connectivity index (χ2v) is 6.86. The molecule has 1 heterocycles. The Morgan fingerprint density at radius 3 is 2.55 bits per heavy atom. The van der Waals surface area contributed by atoms with E-state index >= 15 is 0 Å². The molecule has 2 fully saturated rings. The molecular weight excluding hydrogens is 272 g/mol. The molecule has 1 aliphatic heterocycles. The van der Waals surface area contributed by atoms with Crippen molar-refractivity contribution in [2.45, 2.75) is 71.0 Å². The number of hydrogen-bond donors (Lipinski definition) is 0. The van der Waals surface area contributed by atoms with Crippen LogP contribution in [0.15, 0.2) is 18.2 Å². The van der Waals surface area contributed by atoms with Gasteiger partial charge in [0.25, 0.3) is 0 Å². The van der Waals surface area contributed by atoms with Crippen molar-refractivity contribution in [1.29, 1.82) is 0 Å². The summed E-state index contributed by atoms with van der Waals surface area (Å²) in [5.41, 5.74) is 4.33. The topological polar surface area (TPSA) is 18.5 Å². The molecule has 2 atom stereocenters. The molecule has 2 heteroatoms. The Balaban J connectivity index is 1.84. The van der Waals surface area contributed by atoms with Crippen LogP contribution in [0.1, 0.15) is 81.3 Å². The van der Waals surface area contributed by atoms with Gasteiger partial charge in [-0.05, 0) is 42.2 Å². The van der Waals surface area contributed by atoms with E-state index in [0.717, 1.165) is 31.5 Å². The maximum atomic E-state index is 5.76. The molecule has 2 nitrogen and oxygen atoms in total. The first-order valence-corrected chi connectivity index (χ1v) is 9.18. The van der Waals surface area contributed by atoms with Crippen LogP contribution in [-0.4, -0.2) is 13.2 Å². The SMILES string of the molecule is CCCC1CCCC(c2cccc(C3OCCO3)c2CC)C1. The van der Waals surface area contributed by atoms with Crippen LogP contribution < -0.4 is 0 Å². The van der Waals surface area contributed by atoms with Crippen LogP contribution in [0, 0.1) is 5.92 Å². The fourth-order valence-electron chi connectivity index (χ4n) is 4.42. The van der Waals surface area contributed by atoms with Crippen molar-refractivity contribution in [3.05, 3.63) is 34.9 Å². The third kappa shape index (κ3) is 3.38. The molecule has 122 valence electrons. The van der Waals surface area contributed by atoms with E-state index in [2.05, 4.69) is 32.0 Å². The number of hydrogen-bond acceptors (Lipinski definition) is 2. The Bertz CT molecular complexity index is 475. The fraction of sp³-hybridized carbons (Fsp3) is 0.700. The summed E-state index contributed by atoms with van der Waals surface area (Å²) in [5, 5.41) is 0. The number of benzene rings is 1. The molecule has 0 aromatic heterocycles. The van der Waals surface area contributed by atoms with Crippen LogP contribution in [0.5, 0.6) is 0 Å².